The average molecular weight is 343 g/mol. The quantitative estimate of drug-likeness (QED) is 0.829. The predicted molar refractivity (Wildman–Crippen MR) is 92.8 cm³/mol. The van der Waals surface area contributed by atoms with E-state index in [0.29, 0.717) is 13.1 Å². The van der Waals surface area contributed by atoms with Gasteiger partial charge in [0.1, 0.15) is 5.60 Å². The molecule has 0 spiro atoms. The lowest BCUT2D eigenvalue weighted by molar-refractivity contribution is -0.128. The molecule has 1 fully saturated rings. The number of amides is 2. The Bertz CT molecular complexity index is 446. The minimum Gasteiger partial charge on any atom is -0.444 e. The maximum absolute atomic E-state index is 12.0. The fraction of sp³-hybridized carbons (Fsp3) is 0.882. The third-order valence-electron chi connectivity index (χ3n) is 3.88. The highest BCUT2D eigenvalue weighted by atomic mass is 16.6. The van der Waals surface area contributed by atoms with E-state index in [1.54, 1.807) is 20.9 Å². The molecule has 0 aromatic carbocycles. The minimum atomic E-state index is -1.04. The Balaban J connectivity index is 2.53. The number of carbonyl (C=O) groups is 2. The molecule has 140 valence electrons. The zero-order valence-electron chi connectivity index (χ0n) is 16.0. The number of ether oxygens (including phenoxy) is 1. The summed E-state index contributed by atoms with van der Waals surface area (Å²) in [5.74, 6) is 0.0910. The van der Waals surface area contributed by atoms with Crippen LogP contribution in [0.4, 0.5) is 4.79 Å². The zero-order chi connectivity index (χ0) is 18.5. The van der Waals surface area contributed by atoms with E-state index < -0.39 is 17.3 Å². The fourth-order valence-corrected chi connectivity index (χ4v) is 2.89. The van der Waals surface area contributed by atoms with Crippen LogP contribution in [0.15, 0.2) is 0 Å². The summed E-state index contributed by atoms with van der Waals surface area (Å²) in [4.78, 5) is 28.9. The van der Waals surface area contributed by atoms with E-state index in [0.717, 1.165) is 26.1 Å². The summed E-state index contributed by atoms with van der Waals surface area (Å²) in [6, 6.07) is 0. The van der Waals surface area contributed by atoms with Crippen LogP contribution < -0.4 is 0 Å². The molecule has 0 radical (unpaired) electrons. The zero-order valence-corrected chi connectivity index (χ0v) is 16.0. The second-order valence-corrected chi connectivity index (χ2v) is 7.97. The highest BCUT2D eigenvalue weighted by molar-refractivity contribution is 5.73. The van der Waals surface area contributed by atoms with Crippen LogP contribution in [0.5, 0.6) is 0 Å². The second-order valence-electron chi connectivity index (χ2n) is 7.97. The van der Waals surface area contributed by atoms with Crippen molar-refractivity contribution in [3.63, 3.8) is 0 Å². The number of β-amino-alcohol motifs (C(OH)–C–C–N with tert-alkyl or cyclic N) is 1. The summed E-state index contributed by atoms with van der Waals surface area (Å²) >= 11 is 0. The monoisotopic (exact) mass is 343 g/mol. The van der Waals surface area contributed by atoms with Crippen molar-refractivity contribution in [1.29, 1.82) is 0 Å². The lowest BCUT2D eigenvalue weighted by Crippen LogP contribution is -2.50. The molecule has 1 aliphatic heterocycles. The van der Waals surface area contributed by atoms with Crippen LogP contribution in [0.2, 0.25) is 0 Å². The van der Waals surface area contributed by atoms with Gasteiger partial charge in [0.15, 0.2) is 0 Å². The Morgan fingerprint density at radius 1 is 1.12 bits per heavy atom. The van der Waals surface area contributed by atoms with Crippen molar-refractivity contribution in [3.05, 3.63) is 0 Å². The molecular formula is C17H33N3O4. The van der Waals surface area contributed by atoms with Gasteiger partial charge in [0, 0.05) is 46.7 Å². The van der Waals surface area contributed by atoms with Gasteiger partial charge < -0.3 is 19.6 Å². The van der Waals surface area contributed by atoms with Crippen LogP contribution in [-0.4, -0.2) is 89.3 Å². The van der Waals surface area contributed by atoms with E-state index in [2.05, 4.69) is 4.90 Å². The Labute approximate surface area is 145 Å². The Kier molecular flexibility index (Phi) is 7.04. The maximum Gasteiger partial charge on any atom is 0.410 e. The number of aliphatic hydroxyl groups is 1. The summed E-state index contributed by atoms with van der Waals surface area (Å²) in [6.45, 7) is 12.4. The van der Waals surface area contributed by atoms with Gasteiger partial charge in [-0.1, -0.05) is 0 Å². The molecule has 0 saturated carbocycles. The van der Waals surface area contributed by atoms with E-state index in [9.17, 15) is 14.7 Å². The van der Waals surface area contributed by atoms with E-state index >= 15 is 0 Å². The maximum atomic E-state index is 12.0. The van der Waals surface area contributed by atoms with Crippen molar-refractivity contribution in [2.24, 2.45) is 0 Å². The van der Waals surface area contributed by atoms with Crippen molar-refractivity contribution in [3.8, 4) is 0 Å². The number of likely N-dealkylation sites (N-methyl/N-ethyl adjacent to an activating group) is 1. The van der Waals surface area contributed by atoms with Crippen LogP contribution in [0.25, 0.3) is 0 Å². The first-order valence-electron chi connectivity index (χ1n) is 8.54. The molecule has 0 aromatic heterocycles. The molecule has 0 bridgehead atoms. The first kappa shape index (κ1) is 20.7. The van der Waals surface area contributed by atoms with Gasteiger partial charge in [-0.05, 0) is 34.1 Å². The van der Waals surface area contributed by atoms with Crippen molar-refractivity contribution in [2.45, 2.75) is 52.2 Å². The Hall–Kier alpha value is -1.34. The summed E-state index contributed by atoms with van der Waals surface area (Å²) < 4.78 is 5.31. The second kappa shape index (κ2) is 8.16. The third kappa shape index (κ3) is 7.49. The summed E-state index contributed by atoms with van der Waals surface area (Å²) in [5, 5.41) is 10.7. The van der Waals surface area contributed by atoms with Crippen LogP contribution in [0, 0.1) is 0 Å². The summed E-state index contributed by atoms with van der Waals surface area (Å²) in [5.41, 5.74) is -1.60. The van der Waals surface area contributed by atoms with Gasteiger partial charge >= 0.3 is 6.09 Å². The van der Waals surface area contributed by atoms with E-state index in [1.165, 1.54) is 4.90 Å². The van der Waals surface area contributed by atoms with Gasteiger partial charge in [0.2, 0.25) is 5.91 Å². The molecule has 1 aliphatic rings. The molecule has 1 atom stereocenters. The number of hydrogen-bond donors (Lipinski definition) is 1. The predicted octanol–water partition coefficient (Wildman–Crippen LogP) is 1.16. The highest BCUT2D eigenvalue weighted by Gasteiger charge is 2.30. The van der Waals surface area contributed by atoms with Crippen molar-refractivity contribution < 1.29 is 19.4 Å². The molecule has 1 unspecified atom stereocenters. The smallest absolute Gasteiger partial charge is 0.410 e. The molecule has 7 heteroatoms. The molecule has 1 heterocycles. The first-order valence-corrected chi connectivity index (χ1v) is 8.54. The fourth-order valence-electron chi connectivity index (χ4n) is 2.89. The van der Waals surface area contributed by atoms with Gasteiger partial charge in [-0.3, -0.25) is 9.69 Å². The normalized spacial score (nSPS) is 19.4. The van der Waals surface area contributed by atoms with Gasteiger partial charge in [-0.15, -0.1) is 0 Å². The van der Waals surface area contributed by atoms with Crippen molar-refractivity contribution in [2.75, 3.05) is 46.3 Å². The minimum absolute atomic E-state index is 0.0910. The van der Waals surface area contributed by atoms with Gasteiger partial charge in [-0.2, -0.15) is 0 Å². The van der Waals surface area contributed by atoms with E-state index in [-0.39, 0.29) is 12.5 Å². The van der Waals surface area contributed by atoms with Crippen LogP contribution in [0.1, 0.15) is 41.0 Å². The number of carbonyl (C=O) groups excluding carboxylic acids is 2. The standard InChI is InChI=1S/C17H33N3O4/c1-14(21)20-9-7-8-19(10-11-20)13-17(5,23)12-18(6)15(22)24-16(2,3)4/h23H,7-13H2,1-6H3. The van der Waals surface area contributed by atoms with E-state index in [4.69, 9.17) is 4.74 Å². The average Bonchev–Trinajstić information content (AvgIpc) is 2.61. The van der Waals surface area contributed by atoms with Crippen LogP contribution in [-0.2, 0) is 9.53 Å². The molecule has 2 amide bonds. The molecule has 24 heavy (non-hydrogen) atoms. The van der Waals surface area contributed by atoms with Gasteiger partial charge in [-0.25, -0.2) is 4.79 Å². The lowest BCUT2D eigenvalue weighted by Gasteiger charge is -2.34. The topological polar surface area (TPSA) is 73.3 Å². The van der Waals surface area contributed by atoms with Crippen molar-refractivity contribution in [1.82, 2.24) is 14.7 Å². The largest absolute Gasteiger partial charge is 0.444 e. The third-order valence-corrected chi connectivity index (χ3v) is 3.88. The SMILES string of the molecule is CC(=O)N1CCCN(CC(C)(O)CN(C)C(=O)OC(C)(C)C)CC1. The summed E-state index contributed by atoms with van der Waals surface area (Å²) in [7, 11) is 1.63. The molecule has 0 aliphatic carbocycles. The number of rotatable bonds is 4. The van der Waals surface area contributed by atoms with Gasteiger partial charge in [0.25, 0.3) is 0 Å². The molecule has 0 aromatic rings. The Morgan fingerprint density at radius 2 is 1.75 bits per heavy atom. The molecule has 1 rings (SSSR count). The summed E-state index contributed by atoms with van der Waals surface area (Å²) in [6.07, 6.45) is 0.443. The van der Waals surface area contributed by atoms with Crippen molar-refractivity contribution >= 4 is 12.0 Å². The Morgan fingerprint density at radius 3 is 2.29 bits per heavy atom. The first-order chi connectivity index (χ1) is 10.9. The van der Waals surface area contributed by atoms with Crippen LogP contribution in [0.3, 0.4) is 0 Å². The number of nitrogens with zero attached hydrogens (tertiary/aromatic N) is 3. The molecular weight excluding hydrogens is 310 g/mol. The molecule has 7 nitrogen and oxygen atoms in total. The molecule has 1 N–H and O–H groups in total. The highest BCUT2D eigenvalue weighted by Crippen LogP contribution is 2.14. The number of hydrogen-bond acceptors (Lipinski definition) is 5. The van der Waals surface area contributed by atoms with Gasteiger partial charge in [0.05, 0.1) is 12.1 Å². The lowest BCUT2D eigenvalue weighted by atomic mass is 10.1. The van der Waals surface area contributed by atoms with E-state index in [1.807, 2.05) is 25.7 Å². The van der Waals surface area contributed by atoms with Crippen LogP contribution >= 0.6 is 0 Å². The molecule has 1 saturated heterocycles.